The monoisotopic (exact) mass is 456 g/mol. The Hall–Kier alpha value is -1.84. The lowest BCUT2D eigenvalue weighted by molar-refractivity contribution is -0.137. The van der Waals surface area contributed by atoms with Crippen LogP contribution in [0.5, 0.6) is 0 Å². The first-order valence-electron chi connectivity index (χ1n) is 8.92. The molecule has 29 heavy (non-hydrogen) atoms. The minimum Gasteiger partial charge on any atom is -0.325 e. The smallest absolute Gasteiger partial charge is 0.325 e. The van der Waals surface area contributed by atoms with Crippen LogP contribution < -0.4 is 5.32 Å². The summed E-state index contributed by atoms with van der Waals surface area (Å²) in [5.74, 6) is -0.527. The number of nitrogens with one attached hydrogen (secondary N) is 1. The van der Waals surface area contributed by atoms with Gasteiger partial charge in [0.2, 0.25) is 5.91 Å². The van der Waals surface area contributed by atoms with Gasteiger partial charge < -0.3 is 5.32 Å². The molecule has 0 aliphatic carbocycles. The van der Waals surface area contributed by atoms with Crippen molar-refractivity contribution < 1.29 is 18.0 Å². The number of nitrogens with zero attached hydrogens (tertiary/aromatic N) is 1. The minimum absolute atomic E-state index is 0.0808. The quantitative estimate of drug-likeness (QED) is 0.391. The Morgan fingerprint density at radius 1 is 1.28 bits per heavy atom. The Balaban J connectivity index is 1.73. The van der Waals surface area contributed by atoms with Crippen LogP contribution in [-0.2, 0) is 17.4 Å². The fraction of sp³-hybridized carbons (Fsp3) is 0.300. The summed E-state index contributed by atoms with van der Waals surface area (Å²) in [6.07, 6.45) is -3.78. The molecule has 3 aromatic rings. The van der Waals surface area contributed by atoms with Crippen LogP contribution in [0.25, 0.3) is 9.88 Å². The van der Waals surface area contributed by atoms with Crippen molar-refractivity contribution in [2.75, 3.05) is 5.32 Å². The van der Waals surface area contributed by atoms with Gasteiger partial charge in [0, 0.05) is 15.5 Å². The topological polar surface area (TPSA) is 42.0 Å². The highest BCUT2D eigenvalue weighted by atomic mass is 32.2. The number of amides is 1. The Kier molecular flexibility index (Phi) is 7.02. The first kappa shape index (κ1) is 21.9. The fourth-order valence-corrected chi connectivity index (χ4v) is 5.11. The van der Waals surface area contributed by atoms with E-state index in [0.29, 0.717) is 10.6 Å². The Morgan fingerprint density at radius 3 is 2.72 bits per heavy atom. The van der Waals surface area contributed by atoms with E-state index in [9.17, 15) is 18.0 Å². The molecule has 0 saturated carbocycles. The number of carbonyl (C=O) groups is 1. The molecule has 1 N–H and O–H groups in total. The van der Waals surface area contributed by atoms with Crippen LogP contribution in [0.2, 0.25) is 0 Å². The lowest BCUT2D eigenvalue weighted by Gasteiger charge is -2.16. The Bertz CT molecular complexity index is 968. The number of aromatic nitrogens is 1. The summed E-state index contributed by atoms with van der Waals surface area (Å²) in [5, 5.41) is 7.10. The second-order valence-electron chi connectivity index (χ2n) is 6.39. The molecular weight excluding hydrogens is 437 g/mol. The van der Waals surface area contributed by atoms with Gasteiger partial charge in [-0.05, 0) is 36.1 Å². The second-order valence-corrected chi connectivity index (χ2v) is 9.71. The molecule has 0 aliphatic heterocycles. The number of hydrogen-bond acceptors (Lipinski definition) is 5. The number of halogens is 3. The van der Waals surface area contributed by atoms with E-state index >= 15 is 0 Å². The van der Waals surface area contributed by atoms with Crippen LogP contribution in [0.1, 0.15) is 31.5 Å². The minimum atomic E-state index is -4.55. The van der Waals surface area contributed by atoms with Crippen molar-refractivity contribution in [2.24, 2.45) is 0 Å². The van der Waals surface area contributed by atoms with Gasteiger partial charge in [0.05, 0.1) is 28.2 Å². The molecule has 0 radical (unpaired) electrons. The third-order valence-electron chi connectivity index (χ3n) is 4.11. The molecule has 2 aromatic heterocycles. The van der Waals surface area contributed by atoms with E-state index in [1.807, 2.05) is 31.4 Å². The molecule has 3 rings (SSSR count). The maximum atomic E-state index is 13.5. The molecule has 154 valence electrons. The molecule has 0 spiro atoms. The van der Waals surface area contributed by atoms with Gasteiger partial charge >= 0.3 is 6.18 Å². The number of alkyl halides is 3. The SMILES string of the molecule is CCC(C)Sc1ccc(NC(=O)Cc2csc(-c3cccs3)n2)c(C(F)(F)F)c1. The molecule has 9 heteroatoms. The van der Waals surface area contributed by atoms with Gasteiger partial charge in [-0.3, -0.25) is 4.79 Å². The molecule has 0 bridgehead atoms. The number of rotatable bonds is 7. The highest BCUT2D eigenvalue weighted by molar-refractivity contribution is 7.99. The van der Waals surface area contributed by atoms with Crippen LogP contribution in [0.4, 0.5) is 18.9 Å². The van der Waals surface area contributed by atoms with Crippen molar-refractivity contribution in [3.63, 3.8) is 0 Å². The van der Waals surface area contributed by atoms with E-state index in [-0.39, 0.29) is 17.4 Å². The van der Waals surface area contributed by atoms with E-state index in [0.717, 1.165) is 22.4 Å². The lowest BCUT2D eigenvalue weighted by atomic mass is 10.1. The zero-order valence-electron chi connectivity index (χ0n) is 15.7. The summed E-state index contributed by atoms with van der Waals surface area (Å²) in [5.41, 5.74) is -0.533. The zero-order valence-corrected chi connectivity index (χ0v) is 18.2. The highest BCUT2D eigenvalue weighted by Gasteiger charge is 2.34. The third kappa shape index (κ3) is 5.83. The van der Waals surface area contributed by atoms with E-state index < -0.39 is 17.6 Å². The molecule has 3 nitrogen and oxygen atoms in total. The summed E-state index contributed by atoms with van der Waals surface area (Å²) >= 11 is 4.34. The van der Waals surface area contributed by atoms with Crippen LogP contribution in [0, 0.1) is 0 Å². The third-order valence-corrected chi connectivity index (χ3v) is 7.30. The second kappa shape index (κ2) is 9.32. The van der Waals surface area contributed by atoms with Crippen molar-refractivity contribution >= 4 is 46.0 Å². The zero-order chi connectivity index (χ0) is 21.0. The number of hydrogen-bond donors (Lipinski definition) is 1. The van der Waals surface area contributed by atoms with Gasteiger partial charge in [-0.2, -0.15) is 13.2 Å². The summed E-state index contributed by atoms with van der Waals surface area (Å²) in [4.78, 5) is 18.3. The predicted molar refractivity (Wildman–Crippen MR) is 115 cm³/mol. The summed E-state index contributed by atoms with van der Waals surface area (Å²) in [7, 11) is 0. The average Bonchev–Trinajstić information content (AvgIpc) is 3.33. The van der Waals surface area contributed by atoms with Crippen molar-refractivity contribution in [1.82, 2.24) is 4.98 Å². The average molecular weight is 457 g/mol. The number of carbonyl (C=O) groups excluding carboxylic acids is 1. The van der Waals surface area contributed by atoms with Gasteiger partial charge in [-0.1, -0.05) is 19.9 Å². The number of thiazole rings is 1. The van der Waals surface area contributed by atoms with Crippen LogP contribution >= 0.6 is 34.4 Å². The van der Waals surface area contributed by atoms with Gasteiger partial charge in [0.25, 0.3) is 0 Å². The maximum Gasteiger partial charge on any atom is 0.418 e. The van der Waals surface area contributed by atoms with E-state index in [2.05, 4.69) is 10.3 Å². The van der Waals surface area contributed by atoms with Gasteiger partial charge in [-0.25, -0.2) is 4.98 Å². The van der Waals surface area contributed by atoms with E-state index in [4.69, 9.17) is 0 Å². The molecule has 0 fully saturated rings. The molecule has 0 saturated heterocycles. The maximum absolute atomic E-state index is 13.5. The van der Waals surface area contributed by atoms with Gasteiger partial charge in [-0.15, -0.1) is 34.4 Å². The first-order chi connectivity index (χ1) is 13.8. The Labute approximate surface area is 179 Å². The molecule has 1 atom stereocenters. The van der Waals surface area contributed by atoms with Crippen molar-refractivity contribution in [3.8, 4) is 9.88 Å². The molecule has 1 amide bonds. The normalized spacial score (nSPS) is 12.7. The van der Waals surface area contributed by atoms with Crippen LogP contribution in [-0.4, -0.2) is 16.1 Å². The van der Waals surface area contributed by atoms with Crippen molar-refractivity contribution in [1.29, 1.82) is 0 Å². The van der Waals surface area contributed by atoms with Gasteiger partial charge in [0.1, 0.15) is 5.01 Å². The molecular formula is C20H19F3N2OS3. The molecule has 0 aliphatic rings. The van der Waals surface area contributed by atoms with Crippen LogP contribution in [0.15, 0.2) is 46.0 Å². The summed E-state index contributed by atoms with van der Waals surface area (Å²) in [6.45, 7) is 3.95. The number of thiophene rings is 1. The fourth-order valence-electron chi connectivity index (χ4n) is 2.52. The van der Waals surface area contributed by atoms with Crippen molar-refractivity contribution in [2.45, 2.75) is 43.0 Å². The molecule has 2 heterocycles. The highest BCUT2D eigenvalue weighted by Crippen LogP contribution is 2.38. The summed E-state index contributed by atoms with van der Waals surface area (Å²) < 4.78 is 40.5. The standard InChI is InChI=1S/C20H19F3N2OS3/c1-3-12(2)29-14-6-7-16(15(10-14)20(21,22)23)25-18(26)9-13-11-28-19(24-13)17-5-4-8-27-17/h4-8,10-12H,3,9H2,1-2H3,(H,25,26). The number of anilines is 1. The van der Waals surface area contributed by atoms with E-state index in [1.165, 1.54) is 29.2 Å². The van der Waals surface area contributed by atoms with Crippen LogP contribution in [0.3, 0.4) is 0 Å². The van der Waals surface area contributed by atoms with Crippen molar-refractivity contribution in [3.05, 3.63) is 52.3 Å². The molecule has 1 unspecified atom stereocenters. The number of thioether (sulfide) groups is 1. The molecule has 1 aromatic carbocycles. The predicted octanol–water partition coefficient (Wildman–Crippen LogP) is 6.96. The largest absolute Gasteiger partial charge is 0.418 e. The van der Waals surface area contributed by atoms with Gasteiger partial charge in [0.15, 0.2) is 0 Å². The number of benzene rings is 1. The summed E-state index contributed by atoms with van der Waals surface area (Å²) in [6, 6.07) is 7.88. The Morgan fingerprint density at radius 2 is 2.07 bits per heavy atom. The van der Waals surface area contributed by atoms with E-state index in [1.54, 1.807) is 22.8 Å². The lowest BCUT2D eigenvalue weighted by Crippen LogP contribution is -2.18. The first-order valence-corrected chi connectivity index (χ1v) is 11.6.